The molecule has 0 radical (unpaired) electrons. The summed E-state index contributed by atoms with van der Waals surface area (Å²) in [6.07, 6.45) is 0.000811. The van der Waals surface area contributed by atoms with Gasteiger partial charge in [0.05, 0.1) is 31.6 Å². The summed E-state index contributed by atoms with van der Waals surface area (Å²) in [4.78, 5) is 16.9. The number of carbonyl (C=O) groups is 1. The number of benzene rings is 1. The topological polar surface area (TPSA) is 93.7 Å². The minimum absolute atomic E-state index is 0.00136. The lowest BCUT2D eigenvalue weighted by Gasteiger charge is -2.25. The maximum Gasteiger partial charge on any atom is 0.256 e. The lowest BCUT2D eigenvalue weighted by Crippen LogP contribution is -2.39. The summed E-state index contributed by atoms with van der Waals surface area (Å²) in [5, 5.41) is 8.78. The fourth-order valence-corrected chi connectivity index (χ4v) is 4.32. The zero-order valence-electron chi connectivity index (χ0n) is 19.9. The SMILES string of the molecule is O=C1NCCC(NCc2ccncc2OCC2COCCO2)=C1C(=S)Nc1cccc(F)c1CC(F)F. The van der Waals surface area contributed by atoms with E-state index < -0.39 is 24.6 Å². The van der Waals surface area contributed by atoms with E-state index in [-0.39, 0.29) is 27.9 Å². The molecule has 2 aliphatic heterocycles. The maximum atomic E-state index is 14.2. The van der Waals surface area contributed by atoms with E-state index in [1.54, 1.807) is 18.5 Å². The molecule has 2 aromatic rings. The Morgan fingerprint density at radius 1 is 1.30 bits per heavy atom. The van der Waals surface area contributed by atoms with Crippen LogP contribution in [-0.4, -0.2) is 61.4 Å². The number of hydrogen-bond donors (Lipinski definition) is 3. The van der Waals surface area contributed by atoms with Gasteiger partial charge in [-0.3, -0.25) is 9.78 Å². The van der Waals surface area contributed by atoms with E-state index in [4.69, 9.17) is 26.4 Å². The molecule has 2 aliphatic rings. The van der Waals surface area contributed by atoms with Crippen molar-refractivity contribution >= 4 is 28.8 Å². The molecule has 0 aliphatic carbocycles. The number of pyridine rings is 1. The molecule has 1 amide bonds. The van der Waals surface area contributed by atoms with Gasteiger partial charge in [-0.25, -0.2) is 13.2 Å². The third-order valence-corrected chi connectivity index (χ3v) is 6.12. The van der Waals surface area contributed by atoms with Gasteiger partial charge in [0.1, 0.15) is 29.3 Å². The molecule has 3 heterocycles. The largest absolute Gasteiger partial charge is 0.489 e. The number of amides is 1. The second kappa shape index (κ2) is 12.8. The normalized spacial score (nSPS) is 17.9. The van der Waals surface area contributed by atoms with Gasteiger partial charge in [0, 0.05) is 54.6 Å². The van der Waals surface area contributed by atoms with Crippen molar-refractivity contribution in [3.05, 3.63) is 64.9 Å². The van der Waals surface area contributed by atoms with Gasteiger partial charge >= 0.3 is 0 Å². The smallest absolute Gasteiger partial charge is 0.256 e. The molecule has 0 bridgehead atoms. The molecular weight excluding hydrogens is 509 g/mol. The van der Waals surface area contributed by atoms with Crippen LogP contribution in [0.25, 0.3) is 0 Å². The number of thiocarbonyl (C=S) groups is 1. The summed E-state index contributed by atoms with van der Waals surface area (Å²) in [5.74, 6) is -0.633. The molecule has 3 N–H and O–H groups in total. The first-order valence-electron chi connectivity index (χ1n) is 11.8. The number of nitrogens with zero attached hydrogens (tertiary/aromatic N) is 1. The molecule has 1 fully saturated rings. The molecule has 1 saturated heterocycles. The predicted molar refractivity (Wildman–Crippen MR) is 134 cm³/mol. The minimum Gasteiger partial charge on any atom is -0.489 e. The lowest BCUT2D eigenvalue weighted by molar-refractivity contribution is -0.117. The van der Waals surface area contributed by atoms with E-state index in [2.05, 4.69) is 20.9 Å². The van der Waals surface area contributed by atoms with Crippen LogP contribution in [0, 0.1) is 5.82 Å². The first kappa shape index (κ1) is 26.8. The number of carbonyl (C=O) groups excluding carboxylic acids is 1. The van der Waals surface area contributed by atoms with Gasteiger partial charge < -0.3 is 30.2 Å². The van der Waals surface area contributed by atoms with Crippen LogP contribution in [0.15, 0.2) is 47.9 Å². The number of rotatable bonds is 10. The molecule has 4 rings (SSSR count). The number of halogens is 3. The Hall–Kier alpha value is -3.22. The van der Waals surface area contributed by atoms with Crippen LogP contribution in [0.3, 0.4) is 0 Å². The van der Waals surface area contributed by atoms with Crippen LogP contribution in [-0.2, 0) is 27.2 Å². The minimum atomic E-state index is -2.74. The van der Waals surface area contributed by atoms with Crippen molar-refractivity contribution in [1.82, 2.24) is 15.6 Å². The lowest BCUT2D eigenvalue weighted by atomic mass is 10.0. The van der Waals surface area contributed by atoms with Crippen molar-refractivity contribution in [2.45, 2.75) is 31.9 Å². The summed E-state index contributed by atoms with van der Waals surface area (Å²) < 4.78 is 57.2. The zero-order valence-corrected chi connectivity index (χ0v) is 20.7. The van der Waals surface area contributed by atoms with Crippen molar-refractivity contribution in [3.8, 4) is 5.75 Å². The highest BCUT2D eigenvalue weighted by molar-refractivity contribution is 7.81. The molecule has 0 saturated carbocycles. The van der Waals surface area contributed by atoms with Crippen molar-refractivity contribution in [3.63, 3.8) is 0 Å². The Morgan fingerprint density at radius 2 is 2.16 bits per heavy atom. The Balaban J connectivity index is 1.49. The van der Waals surface area contributed by atoms with E-state index in [0.29, 0.717) is 57.4 Å². The molecule has 1 aromatic carbocycles. The predicted octanol–water partition coefficient (Wildman–Crippen LogP) is 3.13. The van der Waals surface area contributed by atoms with E-state index >= 15 is 0 Å². The summed E-state index contributed by atoms with van der Waals surface area (Å²) in [6, 6.07) is 5.74. The second-order valence-electron chi connectivity index (χ2n) is 8.39. The highest BCUT2D eigenvalue weighted by atomic mass is 32.1. The average molecular weight is 537 g/mol. The quantitative estimate of drug-likeness (QED) is 0.399. The first-order chi connectivity index (χ1) is 17.9. The molecule has 1 aromatic heterocycles. The van der Waals surface area contributed by atoms with Crippen LogP contribution in [0.5, 0.6) is 5.75 Å². The number of anilines is 1. The fraction of sp³-hybridized carbons (Fsp3) is 0.400. The maximum absolute atomic E-state index is 14.2. The Labute approximate surface area is 217 Å². The summed E-state index contributed by atoms with van der Waals surface area (Å²) in [7, 11) is 0. The third-order valence-electron chi connectivity index (χ3n) is 5.81. The zero-order chi connectivity index (χ0) is 26.2. The molecule has 8 nitrogen and oxygen atoms in total. The molecule has 198 valence electrons. The van der Waals surface area contributed by atoms with Crippen molar-refractivity contribution in [2.75, 3.05) is 38.3 Å². The van der Waals surface area contributed by atoms with Crippen LogP contribution >= 0.6 is 12.2 Å². The molecule has 12 heteroatoms. The molecular formula is C25H27F3N4O4S. The molecule has 1 unspecified atom stereocenters. The number of aromatic nitrogens is 1. The van der Waals surface area contributed by atoms with Crippen LogP contribution < -0.4 is 20.7 Å². The molecule has 37 heavy (non-hydrogen) atoms. The first-order valence-corrected chi connectivity index (χ1v) is 12.2. The average Bonchev–Trinajstić information content (AvgIpc) is 2.89. The molecule has 1 atom stereocenters. The number of hydrogen-bond acceptors (Lipinski definition) is 7. The van der Waals surface area contributed by atoms with Gasteiger partial charge in [0.25, 0.3) is 5.91 Å². The van der Waals surface area contributed by atoms with Crippen molar-refractivity contribution in [2.24, 2.45) is 0 Å². The van der Waals surface area contributed by atoms with E-state index in [9.17, 15) is 18.0 Å². The summed E-state index contributed by atoms with van der Waals surface area (Å²) in [5.41, 5.74) is 1.43. The fourth-order valence-electron chi connectivity index (χ4n) is 3.99. The number of ether oxygens (including phenoxy) is 3. The number of alkyl halides is 2. The molecule has 0 spiro atoms. The van der Waals surface area contributed by atoms with Crippen molar-refractivity contribution < 1.29 is 32.2 Å². The van der Waals surface area contributed by atoms with E-state index in [0.717, 1.165) is 11.6 Å². The van der Waals surface area contributed by atoms with Gasteiger partial charge in [0.15, 0.2) is 0 Å². The van der Waals surface area contributed by atoms with Crippen LogP contribution in [0.1, 0.15) is 17.5 Å². The summed E-state index contributed by atoms with van der Waals surface area (Å²) >= 11 is 5.46. The Bertz CT molecular complexity index is 1160. The van der Waals surface area contributed by atoms with Crippen molar-refractivity contribution in [1.29, 1.82) is 0 Å². The standard InChI is InChI=1S/C25H27F3N4O4S/c26-18-2-1-3-19(17(18)10-22(27)28)32-25(37)23-20(5-7-30-24(23)33)31-11-15-4-6-29-12-21(15)36-14-16-13-34-8-9-35-16/h1-4,6,12,16,22,31H,5,7-11,13-14H2,(H,30,33)(H,32,37). The van der Waals surface area contributed by atoms with Gasteiger partial charge in [0.2, 0.25) is 6.43 Å². The Kier molecular flexibility index (Phi) is 9.31. The van der Waals surface area contributed by atoms with Crippen LogP contribution in [0.4, 0.5) is 18.9 Å². The van der Waals surface area contributed by atoms with E-state index in [1.807, 2.05) is 0 Å². The van der Waals surface area contributed by atoms with Gasteiger partial charge in [-0.05, 0) is 18.2 Å². The summed E-state index contributed by atoms with van der Waals surface area (Å²) in [6.45, 7) is 2.54. The van der Waals surface area contributed by atoms with E-state index in [1.165, 1.54) is 12.1 Å². The van der Waals surface area contributed by atoms with Crippen LogP contribution in [0.2, 0.25) is 0 Å². The Morgan fingerprint density at radius 3 is 2.95 bits per heavy atom. The van der Waals surface area contributed by atoms with Gasteiger partial charge in [-0.1, -0.05) is 18.3 Å². The van der Waals surface area contributed by atoms with Gasteiger partial charge in [-0.2, -0.15) is 0 Å². The highest BCUT2D eigenvalue weighted by Gasteiger charge is 2.25. The second-order valence-corrected chi connectivity index (χ2v) is 8.80. The third kappa shape index (κ3) is 7.18. The van der Waals surface area contributed by atoms with Gasteiger partial charge in [-0.15, -0.1) is 0 Å². The number of nitrogens with one attached hydrogen (secondary N) is 3. The highest BCUT2D eigenvalue weighted by Crippen LogP contribution is 2.25. The monoisotopic (exact) mass is 536 g/mol.